The normalized spacial score (nSPS) is 18.4. The second kappa shape index (κ2) is 10.5. The van der Waals surface area contributed by atoms with Crippen molar-refractivity contribution >= 4 is 29.3 Å². The predicted molar refractivity (Wildman–Crippen MR) is 137 cm³/mol. The number of carbonyl (C=O) groups is 3. The molecule has 1 saturated heterocycles. The van der Waals surface area contributed by atoms with Crippen molar-refractivity contribution in [2.24, 2.45) is 5.92 Å². The summed E-state index contributed by atoms with van der Waals surface area (Å²) >= 11 is 0. The van der Waals surface area contributed by atoms with Crippen LogP contribution < -0.4 is 10.6 Å². The summed E-state index contributed by atoms with van der Waals surface area (Å²) in [4.78, 5) is 40.3. The van der Waals surface area contributed by atoms with E-state index in [1.54, 1.807) is 0 Å². The van der Waals surface area contributed by atoms with Crippen molar-refractivity contribution in [3.05, 3.63) is 48.5 Å². The number of anilines is 2. The lowest BCUT2D eigenvalue weighted by molar-refractivity contribution is -0.120. The third-order valence-corrected chi connectivity index (χ3v) is 6.57. The van der Waals surface area contributed by atoms with E-state index in [1.165, 1.54) is 4.90 Å². The van der Waals surface area contributed by atoms with Gasteiger partial charge in [-0.2, -0.15) is 0 Å². The first-order valence-electron chi connectivity index (χ1n) is 12.5. The van der Waals surface area contributed by atoms with E-state index in [0.29, 0.717) is 18.7 Å². The van der Waals surface area contributed by atoms with Gasteiger partial charge in [-0.15, -0.1) is 0 Å². The lowest BCUT2D eigenvalue weighted by atomic mass is 10.00. The Morgan fingerprint density at radius 1 is 0.800 bits per heavy atom. The van der Waals surface area contributed by atoms with Gasteiger partial charge in [0.15, 0.2) is 0 Å². The second-order valence-electron chi connectivity index (χ2n) is 10.4. The zero-order valence-corrected chi connectivity index (χ0v) is 20.8. The van der Waals surface area contributed by atoms with Crippen molar-refractivity contribution in [3.8, 4) is 11.1 Å². The highest BCUT2D eigenvalue weighted by Crippen LogP contribution is 2.35. The zero-order valence-electron chi connectivity index (χ0n) is 20.8. The molecule has 186 valence electrons. The molecule has 3 amide bonds. The molecule has 7 nitrogen and oxygen atoms in total. The van der Waals surface area contributed by atoms with E-state index in [-0.39, 0.29) is 17.7 Å². The molecule has 4 rings (SSSR count). The summed E-state index contributed by atoms with van der Waals surface area (Å²) in [5, 5.41) is 6.14. The molecule has 0 aromatic heterocycles. The summed E-state index contributed by atoms with van der Waals surface area (Å²) in [7, 11) is 0. The molecule has 1 aliphatic carbocycles. The van der Waals surface area contributed by atoms with Crippen LogP contribution in [0.2, 0.25) is 0 Å². The van der Waals surface area contributed by atoms with Gasteiger partial charge in [-0.3, -0.25) is 14.5 Å². The van der Waals surface area contributed by atoms with Crippen LogP contribution in [0.15, 0.2) is 48.5 Å². The minimum atomic E-state index is -0.625. The fraction of sp³-hybridized carbons (Fsp3) is 0.464. The van der Waals surface area contributed by atoms with E-state index in [4.69, 9.17) is 4.74 Å². The van der Waals surface area contributed by atoms with Crippen LogP contribution in [-0.4, -0.2) is 41.0 Å². The zero-order chi connectivity index (χ0) is 25.0. The Bertz CT molecular complexity index is 1090. The average Bonchev–Trinajstić information content (AvgIpc) is 3.51. The highest BCUT2D eigenvalue weighted by Gasteiger charge is 2.37. The lowest BCUT2D eigenvalue weighted by Crippen LogP contribution is -2.45. The topological polar surface area (TPSA) is 87.7 Å². The highest BCUT2D eigenvalue weighted by atomic mass is 16.6. The lowest BCUT2D eigenvalue weighted by Gasteiger charge is -2.28. The van der Waals surface area contributed by atoms with Gasteiger partial charge in [0.2, 0.25) is 11.8 Å². The molecule has 2 aliphatic rings. The largest absolute Gasteiger partial charge is 0.444 e. The minimum Gasteiger partial charge on any atom is -0.444 e. The van der Waals surface area contributed by atoms with Gasteiger partial charge < -0.3 is 15.4 Å². The monoisotopic (exact) mass is 477 g/mol. The van der Waals surface area contributed by atoms with Crippen LogP contribution in [0.4, 0.5) is 16.2 Å². The Morgan fingerprint density at radius 2 is 1.34 bits per heavy atom. The number of likely N-dealkylation sites (tertiary alicyclic amines) is 1. The number of hydrogen-bond acceptors (Lipinski definition) is 4. The number of nitrogens with zero attached hydrogens (tertiary/aromatic N) is 1. The maximum atomic E-state index is 13.3. The first-order valence-corrected chi connectivity index (χ1v) is 12.5. The summed E-state index contributed by atoms with van der Waals surface area (Å²) in [6.07, 6.45) is 4.90. The van der Waals surface area contributed by atoms with Gasteiger partial charge in [0.05, 0.1) is 0 Å². The number of benzene rings is 2. The molecule has 2 aromatic carbocycles. The van der Waals surface area contributed by atoms with Crippen molar-refractivity contribution in [2.75, 3.05) is 17.2 Å². The maximum Gasteiger partial charge on any atom is 0.410 e. The quantitative estimate of drug-likeness (QED) is 0.568. The van der Waals surface area contributed by atoms with E-state index in [9.17, 15) is 14.4 Å². The number of amides is 3. The number of hydrogen-bond donors (Lipinski definition) is 2. The average molecular weight is 478 g/mol. The summed E-state index contributed by atoms with van der Waals surface area (Å²) in [6, 6.07) is 14.6. The van der Waals surface area contributed by atoms with E-state index < -0.39 is 17.7 Å². The van der Waals surface area contributed by atoms with Crippen molar-refractivity contribution in [1.29, 1.82) is 0 Å². The van der Waals surface area contributed by atoms with Crippen molar-refractivity contribution in [3.63, 3.8) is 0 Å². The molecule has 1 saturated carbocycles. The van der Waals surface area contributed by atoms with Crippen LogP contribution in [0.1, 0.15) is 59.3 Å². The standard InChI is InChI=1S/C28H35N3O4/c1-28(2,3)35-27(34)31-18-10-17-24(31)26(33)30-23-16-9-7-14-21(23)20-13-6-8-15-22(20)29-25(32)19-11-4-5-12-19/h6-9,13-16,19,24H,4-5,10-12,17-18H2,1-3H3,(H,29,32)(H,30,33). The molecule has 2 N–H and O–H groups in total. The summed E-state index contributed by atoms with van der Waals surface area (Å²) in [5.74, 6) is -0.136. The van der Waals surface area contributed by atoms with Gasteiger partial charge in [-0.25, -0.2) is 4.79 Å². The SMILES string of the molecule is CC(C)(C)OC(=O)N1CCCC1C(=O)Nc1ccccc1-c1ccccc1NC(=O)C1CCCC1. The molecular weight excluding hydrogens is 442 g/mol. The molecule has 2 fully saturated rings. The Morgan fingerprint density at radius 3 is 1.91 bits per heavy atom. The maximum absolute atomic E-state index is 13.3. The van der Waals surface area contributed by atoms with E-state index in [2.05, 4.69) is 10.6 Å². The number of nitrogens with one attached hydrogen (secondary N) is 2. The highest BCUT2D eigenvalue weighted by molar-refractivity contribution is 6.03. The Balaban J connectivity index is 1.54. The van der Waals surface area contributed by atoms with Gasteiger partial charge in [0.25, 0.3) is 0 Å². The summed E-state index contributed by atoms with van der Waals surface area (Å²) in [6.45, 7) is 5.93. The van der Waals surface area contributed by atoms with Crippen molar-refractivity contribution < 1.29 is 19.1 Å². The fourth-order valence-electron chi connectivity index (χ4n) is 4.87. The Hall–Kier alpha value is -3.35. The van der Waals surface area contributed by atoms with Crippen LogP contribution in [-0.2, 0) is 14.3 Å². The van der Waals surface area contributed by atoms with Gasteiger partial charge in [-0.1, -0.05) is 49.2 Å². The van der Waals surface area contributed by atoms with Gasteiger partial charge in [-0.05, 0) is 58.6 Å². The first kappa shape index (κ1) is 24.8. The van der Waals surface area contributed by atoms with E-state index in [0.717, 1.165) is 48.9 Å². The molecule has 0 bridgehead atoms. The number of para-hydroxylation sites is 2. The molecule has 0 radical (unpaired) electrons. The van der Waals surface area contributed by atoms with Crippen molar-refractivity contribution in [2.45, 2.75) is 70.9 Å². The number of rotatable bonds is 5. The van der Waals surface area contributed by atoms with Crippen LogP contribution >= 0.6 is 0 Å². The molecule has 2 aromatic rings. The van der Waals surface area contributed by atoms with Gasteiger partial charge >= 0.3 is 6.09 Å². The number of carbonyl (C=O) groups excluding carboxylic acids is 3. The Kier molecular flexibility index (Phi) is 7.43. The molecule has 35 heavy (non-hydrogen) atoms. The van der Waals surface area contributed by atoms with Gasteiger partial charge in [0, 0.05) is 35.0 Å². The molecule has 1 aliphatic heterocycles. The molecule has 0 spiro atoms. The predicted octanol–water partition coefficient (Wildman–Crippen LogP) is 5.82. The van der Waals surface area contributed by atoms with Crippen LogP contribution in [0.3, 0.4) is 0 Å². The van der Waals surface area contributed by atoms with E-state index in [1.807, 2.05) is 69.3 Å². The van der Waals surface area contributed by atoms with Crippen LogP contribution in [0.5, 0.6) is 0 Å². The second-order valence-corrected chi connectivity index (χ2v) is 10.4. The van der Waals surface area contributed by atoms with Crippen LogP contribution in [0.25, 0.3) is 11.1 Å². The third kappa shape index (κ3) is 6.02. The summed E-state index contributed by atoms with van der Waals surface area (Å²) < 4.78 is 5.51. The molecule has 1 heterocycles. The number of ether oxygens (including phenoxy) is 1. The molecule has 1 unspecified atom stereocenters. The van der Waals surface area contributed by atoms with E-state index >= 15 is 0 Å². The molecule has 7 heteroatoms. The third-order valence-electron chi connectivity index (χ3n) is 6.57. The first-order chi connectivity index (χ1) is 16.7. The van der Waals surface area contributed by atoms with Crippen LogP contribution in [0, 0.1) is 5.92 Å². The molecule has 1 atom stereocenters. The smallest absolute Gasteiger partial charge is 0.410 e. The minimum absolute atomic E-state index is 0.0513. The van der Waals surface area contributed by atoms with Gasteiger partial charge in [0.1, 0.15) is 11.6 Å². The molecular formula is C28H35N3O4. The fourth-order valence-corrected chi connectivity index (χ4v) is 4.87. The van der Waals surface area contributed by atoms with Crippen molar-refractivity contribution in [1.82, 2.24) is 4.90 Å². The summed E-state index contributed by atoms with van der Waals surface area (Å²) in [5.41, 5.74) is 2.38. The Labute approximate surface area is 207 Å².